The van der Waals surface area contributed by atoms with Crippen LogP contribution in [0.3, 0.4) is 0 Å². The maximum absolute atomic E-state index is 13.4. The number of alkyl halides is 3. The Morgan fingerprint density at radius 2 is 2.03 bits per heavy atom. The van der Waals surface area contributed by atoms with Gasteiger partial charge in [0.2, 0.25) is 0 Å². The lowest BCUT2D eigenvalue weighted by Crippen LogP contribution is -2.16. The third-order valence-corrected chi connectivity index (χ3v) is 4.66. The summed E-state index contributed by atoms with van der Waals surface area (Å²) in [4.78, 5) is 27.3. The summed E-state index contributed by atoms with van der Waals surface area (Å²) in [5.74, 6) is -0.969. The van der Waals surface area contributed by atoms with E-state index in [1.54, 1.807) is 0 Å². The highest BCUT2D eigenvalue weighted by atomic mass is 35.5. The number of nitrogens with zero attached hydrogens (tertiary/aromatic N) is 4. The number of carbonyl (C=O) groups is 1. The van der Waals surface area contributed by atoms with Crippen molar-refractivity contribution in [1.29, 1.82) is 0 Å². The molecule has 0 bridgehead atoms. The van der Waals surface area contributed by atoms with Crippen LogP contribution in [0.4, 0.5) is 24.5 Å². The number of halogens is 4. The van der Waals surface area contributed by atoms with Crippen LogP contribution >= 0.6 is 11.6 Å². The van der Waals surface area contributed by atoms with E-state index in [1.165, 1.54) is 12.1 Å². The van der Waals surface area contributed by atoms with Gasteiger partial charge in [0.15, 0.2) is 5.65 Å². The molecule has 0 atom stereocenters. The molecule has 12 heteroatoms. The summed E-state index contributed by atoms with van der Waals surface area (Å²) in [7, 11) is 0. The molecular weight excluding hydrogens is 415 g/mol. The van der Waals surface area contributed by atoms with E-state index in [9.17, 15) is 28.1 Å². The number of amides is 1. The average Bonchev–Trinajstić information content (AvgIpc) is 3.40. The Labute approximate surface area is 165 Å². The van der Waals surface area contributed by atoms with Crippen LogP contribution in [0.15, 0.2) is 30.5 Å². The Morgan fingerprint density at radius 1 is 1.31 bits per heavy atom. The standard InChI is InChI=1S/C17H11ClF3N5O3/c18-9-3-4-11(13(5-9)26(28)29)24-16(27)10-7-22-25-14(17(19,20)21)6-12(8-1-2-8)23-15(10)25/h3-8H,1-2H2,(H,24,27). The Balaban J connectivity index is 1.78. The molecule has 1 amide bonds. The minimum Gasteiger partial charge on any atom is -0.316 e. The molecule has 1 aliphatic carbocycles. The monoisotopic (exact) mass is 425 g/mol. The third kappa shape index (κ3) is 3.60. The summed E-state index contributed by atoms with van der Waals surface area (Å²) in [5, 5.41) is 17.3. The summed E-state index contributed by atoms with van der Waals surface area (Å²) in [6.07, 6.45) is -2.31. The maximum atomic E-state index is 13.4. The van der Waals surface area contributed by atoms with E-state index in [4.69, 9.17) is 11.6 Å². The number of nitro groups is 1. The van der Waals surface area contributed by atoms with Gasteiger partial charge < -0.3 is 5.32 Å². The molecule has 1 N–H and O–H groups in total. The molecule has 1 fully saturated rings. The van der Waals surface area contributed by atoms with Gasteiger partial charge in [-0.1, -0.05) is 11.6 Å². The van der Waals surface area contributed by atoms with Crippen molar-refractivity contribution >= 4 is 34.5 Å². The van der Waals surface area contributed by atoms with E-state index in [-0.39, 0.29) is 33.5 Å². The van der Waals surface area contributed by atoms with Crippen molar-refractivity contribution in [2.75, 3.05) is 5.32 Å². The number of anilines is 1. The van der Waals surface area contributed by atoms with Gasteiger partial charge in [-0.25, -0.2) is 9.50 Å². The topological polar surface area (TPSA) is 102 Å². The van der Waals surface area contributed by atoms with Crippen LogP contribution in [0.5, 0.6) is 0 Å². The molecule has 0 spiro atoms. The fourth-order valence-electron chi connectivity index (χ4n) is 2.88. The number of benzene rings is 1. The Bertz CT molecular complexity index is 1160. The summed E-state index contributed by atoms with van der Waals surface area (Å²) in [6.45, 7) is 0. The zero-order valence-corrected chi connectivity index (χ0v) is 15.2. The van der Waals surface area contributed by atoms with Crippen molar-refractivity contribution in [3.63, 3.8) is 0 Å². The molecule has 8 nitrogen and oxygen atoms in total. The first-order chi connectivity index (χ1) is 13.6. The predicted molar refractivity (Wildman–Crippen MR) is 96.0 cm³/mol. The van der Waals surface area contributed by atoms with Crippen LogP contribution in [0, 0.1) is 10.1 Å². The van der Waals surface area contributed by atoms with Crippen LogP contribution < -0.4 is 5.32 Å². The zero-order valence-electron chi connectivity index (χ0n) is 14.4. The van der Waals surface area contributed by atoms with Gasteiger partial charge in [0.25, 0.3) is 11.6 Å². The van der Waals surface area contributed by atoms with Crippen molar-refractivity contribution in [2.45, 2.75) is 24.9 Å². The SMILES string of the molecule is O=C(Nc1ccc(Cl)cc1[N+](=O)[O-])c1cnn2c(C(F)(F)F)cc(C3CC3)nc12. The number of aromatic nitrogens is 3. The van der Waals surface area contributed by atoms with Crippen LogP contribution in [0.25, 0.3) is 5.65 Å². The van der Waals surface area contributed by atoms with Crippen molar-refractivity contribution in [3.05, 3.63) is 62.6 Å². The minimum atomic E-state index is -4.69. The molecule has 1 aromatic carbocycles. The molecule has 0 unspecified atom stereocenters. The van der Waals surface area contributed by atoms with E-state index in [2.05, 4.69) is 15.4 Å². The molecule has 1 aliphatic rings. The van der Waals surface area contributed by atoms with E-state index in [0.717, 1.165) is 18.3 Å². The highest BCUT2D eigenvalue weighted by molar-refractivity contribution is 6.31. The van der Waals surface area contributed by atoms with Gasteiger partial charge in [0, 0.05) is 22.7 Å². The molecule has 2 heterocycles. The second kappa shape index (κ2) is 6.69. The van der Waals surface area contributed by atoms with E-state index >= 15 is 0 Å². The fraction of sp³-hybridized carbons (Fsp3) is 0.235. The first kappa shape index (κ1) is 19.1. The molecule has 0 radical (unpaired) electrons. The maximum Gasteiger partial charge on any atom is 0.433 e. The van der Waals surface area contributed by atoms with Gasteiger partial charge in [-0.15, -0.1) is 0 Å². The second-order valence-electron chi connectivity index (χ2n) is 6.50. The zero-order chi connectivity index (χ0) is 20.9. The van der Waals surface area contributed by atoms with Gasteiger partial charge in [-0.3, -0.25) is 14.9 Å². The van der Waals surface area contributed by atoms with Crippen molar-refractivity contribution in [2.24, 2.45) is 0 Å². The molecule has 0 saturated heterocycles. The highest BCUT2D eigenvalue weighted by Crippen LogP contribution is 2.41. The summed E-state index contributed by atoms with van der Waals surface area (Å²) in [5.41, 5.74) is -1.92. The van der Waals surface area contributed by atoms with Gasteiger partial charge in [0.1, 0.15) is 16.9 Å². The summed E-state index contributed by atoms with van der Waals surface area (Å²) >= 11 is 5.74. The van der Waals surface area contributed by atoms with Crippen LogP contribution in [0.2, 0.25) is 5.02 Å². The molecule has 1 saturated carbocycles. The number of hydrogen-bond acceptors (Lipinski definition) is 5. The van der Waals surface area contributed by atoms with E-state index in [0.29, 0.717) is 17.4 Å². The lowest BCUT2D eigenvalue weighted by Gasteiger charge is -2.11. The molecule has 3 aromatic rings. The highest BCUT2D eigenvalue weighted by Gasteiger charge is 2.38. The molecule has 29 heavy (non-hydrogen) atoms. The van der Waals surface area contributed by atoms with Gasteiger partial charge in [-0.05, 0) is 31.0 Å². The van der Waals surface area contributed by atoms with Crippen molar-refractivity contribution < 1.29 is 22.9 Å². The number of carbonyl (C=O) groups excluding carboxylic acids is 1. The number of rotatable bonds is 4. The number of fused-ring (bicyclic) bond motifs is 1. The Morgan fingerprint density at radius 3 is 2.66 bits per heavy atom. The third-order valence-electron chi connectivity index (χ3n) is 4.43. The van der Waals surface area contributed by atoms with Crippen LogP contribution in [-0.2, 0) is 6.18 Å². The number of nitrogens with one attached hydrogen (secondary N) is 1. The lowest BCUT2D eigenvalue weighted by molar-refractivity contribution is -0.383. The first-order valence-electron chi connectivity index (χ1n) is 8.36. The fourth-order valence-corrected chi connectivity index (χ4v) is 3.05. The molecule has 0 aliphatic heterocycles. The van der Waals surface area contributed by atoms with Crippen LogP contribution in [-0.4, -0.2) is 25.4 Å². The predicted octanol–water partition coefficient (Wildman–Crippen LogP) is 4.44. The largest absolute Gasteiger partial charge is 0.433 e. The first-order valence-corrected chi connectivity index (χ1v) is 8.74. The Kier molecular flexibility index (Phi) is 4.41. The van der Waals surface area contributed by atoms with E-state index in [1.807, 2.05) is 0 Å². The molecule has 150 valence electrons. The average molecular weight is 426 g/mol. The van der Waals surface area contributed by atoms with Crippen LogP contribution in [0.1, 0.15) is 40.5 Å². The second-order valence-corrected chi connectivity index (χ2v) is 6.94. The Hall–Kier alpha value is -3.21. The smallest absolute Gasteiger partial charge is 0.316 e. The molecular formula is C17H11ClF3N5O3. The lowest BCUT2D eigenvalue weighted by atomic mass is 10.2. The van der Waals surface area contributed by atoms with Gasteiger partial charge in [-0.2, -0.15) is 18.3 Å². The van der Waals surface area contributed by atoms with E-state index < -0.39 is 28.4 Å². The number of hydrogen-bond donors (Lipinski definition) is 1. The van der Waals surface area contributed by atoms with Crippen molar-refractivity contribution in [1.82, 2.24) is 14.6 Å². The van der Waals surface area contributed by atoms with Gasteiger partial charge in [0.05, 0.1) is 11.1 Å². The minimum absolute atomic E-state index is 0.0933. The normalized spacial score (nSPS) is 14.2. The number of nitro benzene ring substituents is 1. The summed E-state index contributed by atoms with van der Waals surface area (Å²) in [6, 6.07) is 4.56. The molecule has 4 rings (SSSR count). The van der Waals surface area contributed by atoms with Crippen molar-refractivity contribution in [3.8, 4) is 0 Å². The summed E-state index contributed by atoms with van der Waals surface area (Å²) < 4.78 is 40.9. The van der Waals surface area contributed by atoms with Gasteiger partial charge >= 0.3 is 6.18 Å². The molecule has 2 aromatic heterocycles. The quantitative estimate of drug-likeness (QED) is 0.491.